The average molecular weight is 640 g/mol. The van der Waals surface area contributed by atoms with E-state index >= 15 is 0 Å². The van der Waals surface area contributed by atoms with Gasteiger partial charge in [-0.25, -0.2) is 0 Å². The van der Waals surface area contributed by atoms with Gasteiger partial charge in [0.2, 0.25) is 0 Å². The zero-order valence-electron chi connectivity index (χ0n) is 23.4. The largest absolute Gasteiger partial charge is 2.00 e. The number of nitrogens with zero attached hydrogens (tertiary/aromatic N) is 4. The number of phenols is 2. The molecule has 0 radical (unpaired) electrons. The first-order valence-corrected chi connectivity index (χ1v) is 11.8. The molecule has 0 aromatic heterocycles. The Balaban J connectivity index is 0.000000767. The minimum atomic E-state index is -0.590. The van der Waals surface area contributed by atoms with Crippen LogP contribution in [0.15, 0.2) is 117 Å². The van der Waals surface area contributed by atoms with Crippen molar-refractivity contribution in [2.45, 2.75) is 0 Å². The molecule has 0 saturated heterocycles. The molecule has 4 aromatic rings. The second kappa shape index (κ2) is 19.9. The van der Waals surface area contributed by atoms with Crippen LogP contribution in [-0.2, 0) is 19.5 Å². The summed E-state index contributed by atoms with van der Waals surface area (Å²) < 4.78 is 10.1. The first kappa shape index (κ1) is 37.9. The Labute approximate surface area is 261 Å². The summed E-state index contributed by atoms with van der Waals surface area (Å²) in [4.78, 5) is 0. The van der Waals surface area contributed by atoms with E-state index in [1.807, 2.05) is 0 Å². The fourth-order valence-corrected chi connectivity index (χ4v) is 3.09. The molecular formula is C30H30N4O8Zn. The number of methoxy groups -OCH3 is 2. The molecule has 43 heavy (non-hydrogen) atoms. The molecule has 0 spiro atoms. The predicted molar refractivity (Wildman–Crippen MR) is 158 cm³/mol. The average Bonchev–Trinajstić information content (AvgIpc) is 2.98. The van der Waals surface area contributed by atoms with E-state index in [1.165, 1.54) is 36.7 Å². The van der Waals surface area contributed by atoms with Crippen molar-refractivity contribution in [1.29, 1.82) is 0 Å². The van der Waals surface area contributed by atoms with E-state index in [2.05, 4.69) is 20.4 Å². The van der Waals surface area contributed by atoms with E-state index in [4.69, 9.17) is 9.47 Å². The van der Waals surface area contributed by atoms with E-state index in [0.717, 1.165) is 22.6 Å². The third-order valence-electron chi connectivity index (χ3n) is 5.21. The number of hydrogen-bond acceptors (Lipinski definition) is 10. The van der Waals surface area contributed by atoms with Gasteiger partial charge in [-0.05, 0) is 71.8 Å². The van der Waals surface area contributed by atoms with Gasteiger partial charge in [-0.3, -0.25) is 0 Å². The van der Waals surface area contributed by atoms with Crippen molar-refractivity contribution in [2.24, 2.45) is 20.4 Å². The molecular weight excluding hydrogens is 610 g/mol. The van der Waals surface area contributed by atoms with Crippen LogP contribution < -0.4 is 19.7 Å². The Kier molecular flexibility index (Phi) is 17.5. The van der Waals surface area contributed by atoms with Crippen LogP contribution in [-0.4, -0.2) is 59.6 Å². The van der Waals surface area contributed by atoms with Crippen LogP contribution in [0.3, 0.4) is 0 Å². The van der Waals surface area contributed by atoms with Gasteiger partial charge in [0.15, 0.2) is 0 Å². The van der Waals surface area contributed by atoms with Gasteiger partial charge in [0, 0.05) is 22.9 Å². The maximum Gasteiger partial charge on any atom is 2.00 e. The molecule has 0 saturated carbocycles. The van der Waals surface area contributed by atoms with E-state index in [1.54, 1.807) is 87.0 Å². The second-order valence-corrected chi connectivity index (χ2v) is 7.88. The Bertz CT molecular complexity index is 1390. The van der Waals surface area contributed by atoms with Crippen LogP contribution in [0, 0.1) is 0 Å². The Morgan fingerprint density at radius 1 is 0.581 bits per heavy atom. The van der Waals surface area contributed by atoms with E-state index in [0.29, 0.717) is 0 Å². The standard InChI is InChI=1S/2C15H14N2O3.2H2O.Zn/c2*1-20-12-8-6-11(7-9-12)10-16-17-15(19)13-4-2-3-5-14(13)18;;;/h2*2-10,18H,1H3,(H,17,19);2*1H2;/q;;;;+2/p-2. The Hall–Kier alpha value is -5.10. The summed E-state index contributed by atoms with van der Waals surface area (Å²) in [5.74, 6) is 0.0799. The maximum absolute atomic E-state index is 11.7. The molecule has 0 aliphatic carbocycles. The van der Waals surface area contributed by atoms with Gasteiger partial charge in [-0.1, -0.05) is 36.4 Å². The van der Waals surface area contributed by atoms with E-state index in [-0.39, 0.29) is 53.1 Å². The van der Waals surface area contributed by atoms with Crippen molar-refractivity contribution in [3.63, 3.8) is 0 Å². The summed E-state index contributed by atoms with van der Waals surface area (Å²) in [6.45, 7) is 0. The molecule has 220 valence electrons. The molecule has 12 nitrogen and oxygen atoms in total. The maximum atomic E-state index is 11.7. The molecule has 0 aliphatic rings. The van der Waals surface area contributed by atoms with Crippen LogP contribution in [0.1, 0.15) is 22.3 Å². The fourth-order valence-electron chi connectivity index (χ4n) is 3.09. The Morgan fingerprint density at radius 3 is 1.21 bits per heavy atom. The van der Waals surface area contributed by atoms with Crippen LogP contribution in [0.2, 0.25) is 0 Å². The molecule has 4 aromatic carbocycles. The van der Waals surface area contributed by atoms with Crippen molar-refractivity contribution in [3.05, 3.63) is 119 Å². The molecule has 0 unspecified atom stereocenters. The molecule has 0 heterocycles. The molecule has 0 bridgehead atoms. The third-order valence-corrected chi connectivity index (χ3v) is 5.21. The van der Waals surface area contributed by atoms with Gasteiger partial charge in [-0.2, -0.15) is 20.4 Å². The summed E-state index contributed by atoms with van der Waals surface area (Å²) in [7, 11) is 3.17. The van der Waals surface area contributed by atoms with Crippen LogP contribution in [0.4, 0.5) is 0 Å². The van der Waals surface area contributed by atoms with Gasteiger partial charge < -0.3 is 40.9 Å². The summed E-state index contributed by atoms with van der Waals surface area (Å²) in [6.07, 6.45) is 2.91. The van der Waals surface area contributed by atoms with Crippen LogP contribution in [0.5, 0.6) is 23.0 Å². The van der Waals surface area contributed by atoms with Crippen molar-refractivity contribution in [1.82, 2.24) is 0 Å². The van der Waals surface area contributed by atoms with Crippen LogP contribution in [0.25, 0.3) is 0 Å². The minimum Gasteiger partial charge on any atom is -0.857 e. The van der Waals surface area contributed by atoms with Gasteiger partial charge in [0.05, 0.1) is 26.6 Å². The van der Waals surface area contributed by atoms with Gasteiger partial charge in [-0.15, -0.1) is 0 Å². The quantitative estimate of drug-likeness (QED) is 0.126. The second-order valence-electron chi connectivity index (χ2n) is 7.88. The number of ether oxygens (including phenoxy) is 2. The Morgan fingerprint density at radius 2 is 0.907 bits per heavy atom. The molecule has 0 amide bonds. The topological polar surface area (TPSA) is 217 Å². The zero-order valence-corrected chi connectivity index (χ0v) is 26.4. The molecule has 13 heteroatoms. The van der Waals surface area contributed by atoms with Gasteiger partial charge in [0.1, 0.15) is 23.0 Å². The van der Waals surface area contributed by atoms with Crippen molar-refractivity contribution in [2.75, 3.05) is 14.2 Å². The number of benzene rings is 4. The molecule has 0 atom stereocenters. The number of aromatic hydroxyl groups is 2. The summed E-state index contributed by atoms with van der Waals surface area (Å²) in [6, 6.07) is 26.7. The SMILES string of the molecule is COc1ccc(C=N/N=C(\[O-])c2ccccc2O)cc1.COc1ccc(C=N/N=C(\[O-])c2ccccc2O)cc1.O.O.[Zn+2]. The number of phenolic OH excluding ortho intramolecular Hbond substituents is 2. The van der Waals surface area contributed by atoms with Gasteiger partial charge in [0.25, 0.3) is 0 Å². The molecule has 6 N–H and O–H groups in total. The predicted octanol–water partition coefficient (Wildman–Crippen LogP) is 1.43. The van der Waals surface area contributed by atoms with E-state index < -0.39 is 11.8 Å². The van der Waals surface area contributed by atoms with Crippen molar-refractivity contribution < 1.29 is 60.3 Å². The monoisotopic (exact) mass is 638 g/mol. The first-order valence-electron chi connectivity index (χ1n) is 11.8. The molecule has 4 rings (SSSR count). The number of hydrogen-bond donors (Lipinski definition) is 2. The third kappa shape index (κ3) is 12.1. The van der Waals surface area contributed by atoms with Crippen LogP contribution >= 0.6 is 0 Å². The molecule has 0 aliphatic heterocycles. The summed E-state index contributed by atoms with van der Waals surface area (Å²) >= 11 is 0. The first-order chi connectivity index (χ1) is 19.4. The zero-order chi connectivity index (χ0) is 28.7. The summed E-state index contributed by atoms with van der Waals surface area (Å²) in [5, 5.41) is 56.9. The number of para-hydroxylation sites is 2. The van der Waals surface area contributed by atoms with Gasteiger partial charge >= 0.3 is 19.5 Å². The molecule has 0 fully saturated rings. The minimum absolute atomic E-state index is 0. The fraction of sp³-hybridized carbons (Fsp3) is 0.0667. The normalized spacial score (nSPS) is 10.9. The van der Waals surface area contributed by atoms with Crippen molar-refractivity contribution >= 4 is 24.2 Å². The summed E-state index contributed by atoms with van der Waals surface area (Å²) in [5.41, 5.74) is 1.83. The number of rotatable bonds is 8. The van der Waals surface area contributed by atoms with E-state index in [9.17, 15) is 20.4 Å². The van der Waals surface area contributed by atoms with Crippen molar-refractivity contribution in [3.8, 4) is 23.0 Å². The smallest absolute Gasteiger partial charge is 0.857 e.